The Morgan fingerprint density at radius 1 is 0.450 bits per heavy atom. The van der Waals surface area contributed by atoms with Gasteiger partial charge in [0.1, 0.15) is 0 Å². The summed E-state index contributed by atoms with van der Waals surface area (Å²) in [6.45, 7) is 4.88. The van der Waals surface area contributed by atoms with Crippen LogP contribution in [0.4, 0.5) is 0 Å². The summed E-state index contributed by atoms with van der Waals surface area (Å²) in [6, 6.07) is -0.639. The van der Waals surface area contributed by atoms with Gasteiger partial charge in [0.2, 0.25) is 5.91 Å². The standard InChI is InChI=1S/C54H103NO5/c1-3-5-7-9-11-13-15-16-17-20-23-27-30-34-38-42-46-52(57)51(50-56)55-53(58)47-43-39-35-31-28-24-21-18-19-22-25-29-33-37-41-45-49-60-54(59)48-44-40-36-32-26-14-12-10-8-6-4-2/h18,21,42,46,51-52,56-57H,3-17,19-20,22-41,43-45,47-50H2,1-2H3,(H,55,58)/b21-18-,46-42+. The topological polar surface area (TPSA) is 95.9 Å². The van der Waals surface area contributed by atoms with Crippen LogP contribution in [0.25, 0.3) is 0 Å². The van der Waals surface area contributed by atoms with Gasteiger partial charge in [-0.05, 0) is 57.8 Å². The lowest BCUT2D eigenvalue weighted by Crippen LogP contribution is -2.45. The van der Waals surface area contributed by atoms with Crippen molar-refractivity contribution in [2.24, 2.45) is 0 Å². The van der Waals surface area contributed by atoms with E-state index < -0.39 is 12.1 Å². The lowest BCUT2D eigenvalue weighted by atomic mass is 10.0. The molecule has 0 radical (unpaired) electrons. The molecule has 0 bridgehead atoms. The van der Waals surface area contributed by atoms with Crippen LogP contribution >= 0.6 is 0 Å². The number of esters is 1. The summed E-state index contributed by atoms with van der Waals surface area (Å²) in [6.07, 6.45) is 58.9. The van der Waals surface area contributed by atoms with E-state index >= 15 is 0 Å². The van der Waals surface area contributed by atoms with Crippen molar-refractivity contribution in [3.63, 3.8) is 0 Å². The number of carbonyl (C=O) groups is 2. The van der Waals surface area contributed by atoms with E-state index in [1.54, 1.807) is 6.08 Å². The molecule has 0 aliphatic rings. The van der Waals surface area contributed by atoms with E-state index in [1.165, 1.54) is 193 Å². The highest BCUT2D eigenvalue weighted by atomic mass is 16.5. The monoisotopic (exact) mass is 846 g/mol. The van der Waals surface area contributed by atoms with Gasteiger partial charge in [-0.1, -0.05) is 237 Å². The molecule has 0 aliphatic carbocycles. The number of allylic oxidation sites excluding steroid dienone is 3. The largest absolute Gasteiger partial charge is 0.466 e. The Labute approximate surface area is 373 Å². The van der Waals surface area contributed by atoms with Crippen molar-refractivity contribution in [3.05, 3.63) is 24.3 Å². The first-order valence-electron chi connectivity index (χ1n) is 26.6. The quantitative estimate of drug-likeness (QED) is 0.0322. The number of aliphatic hydroxyl groups is 2. The van der Waals surface area contributed by atoms with Crippen LogP contribution in [0.2, 0.25) is 0 Å². The van der Waals surface area contributed by atoms with Crippen molar-refractivity contribution < 1.29 is 24.5 Å². The third-order valence-corrected chi connectivity index (χ3v) is 12.2. The van der Waals surface area contributed by atoms with Gasteiger partial charge >= 0.3 is 5.97 Å². The minimum absolute atomic E-state index is 0.00434. The van der Waals surface area contributed by atoms with E-state index in [-0.39, 0.29) is 18.5 Å². The van der Waals surface area contributed by atoms with Gasteiger partial charge in [0.15, 0.2) is 0 Å². The lowest BCUT2D eigenvalue weighted by Gasteiger charge is -2.20. The summed E-state index contributed by atoms with van der Waals surface area (Å²) >= 11 is 0. The maximum Gasteiger partial charge on any atom is 0.305 e. The maximum atomic E-state index is 12.4. The van der Waals surface area contributed by atoms with Crippen molar-refractivity contribution in [1.82, 2.24) is 5.32 Å². The van der Waals surface area contributed by atoms with Gasteiger partial charge in [-0.15, -0.1) is 0 Å². The summed E-state index contributed by atoms with van der Waals surface area (Å²) in [4.78, 5) is 24.4. The number of unbranched alkanes of at least 4 members (excludes halogenated alkanes) is 36. The Balaban J connectivity index is 3.51. The number of ether oxygens (including phenoxy) is 1. The fourth-order valence-electron chi connectivity index (χ4n) is 8.10. The van der Waals surface area contributed by atoms with Crippen molar-refractivity contribution in [2.45, 2.75) is 296 Å². The first-order chi connectivity index (χ1) is 29.5. The van der Waals surface area contributed by atoms with E-state index in [0.717, 1.165) is 64.2 Å². The number of hydrogen-bond acceptors (Lipinski definition) is 5. The molecule has 3 N–H and O–H groups in total. The Morgan fingerprint density at radius 3 is 1.18 bits per heavy atom. The summed E-state index contributed by atoms with van der Waals surface area (Å²) in [7, 11) is 0. The molecule has 6 heteroatoms. The van der Waals surface area contributed by atoms with Gasteiger partial charge in [0.25, 0.3) is 0 Å². The third kappa shape index (κ3) is 45.9. The highest BCUT2D eigenvalue weighted by Gasteiger charge is 2.18. The molecule has 6 nitrogen and oxygen atoms in total. The van der Waals surface area contributed by atoms with Crippen LogP contribution in [-0.4, -0.2) is 47.4 Å². The van der Waals surface area contributed by atoms with E-state index in [4.69, 9.17) is 4.74 Å². The molecule has 0 saturated carbocycles. The fraction of sp³-hybridized carbons (Fsp3) is 0.889. The van der Waals surface area contributed by atoms with Gasteiger partial charge in [0.05, 0.1) is 25.4 Å². The van der Waals surface area contributed by atoms with Crippen molar-refractivity contribution in [2.75, 3.05) is 13.2 Å². The average molecular weight is 846 g/mol. The van der Waals surface area contributed by atoms with Gasteiger partial charge in [-0.25, -0.2) is 0 Å². The van der Waals surface area contributed by atoms with Crippen LogP contribution < -0.4 is 5.32 Å². The molecule has 354 valence electrons. The Bertz CT molecular complexity index is 935. The molecule has 0 aliphatic heterocycles. The maximum absolute atomic E-state index is 12.4. The van der Waals surface area contributed by atoms with Gasteiger partial charge in [-0.2, -0.15) is 0 Å². The van der Waals surface area contributed by atoms with Crippen molar-refractivity contribution >= 4 is 11.9 Å². The average Bonchev–Trinajstić information content (AvgIpc) is 3.25. The first kappa shape index (κ1) is 58.3. The second-order valence-corrected chi connectivity index (χ2v) is 18.2. The van der Waals surface area contributed by atoms with Crippen LogP contribution in [0.1, 0.15) is 284 Å². The predicted octanol–water partition coefficient (Wildman–Crippen LogP) is 15.9. The molecule has 2 atom stereocenters. The highest BCUT2D eigenvalue weighted by molar-refractivity contribution is 5.76. The summed E-state index contributed by atoms with van der Waals surface area (Å²) in [5.74, 6) is -0.0885. The lowest BCUT2D eigenvalue weighted by molar-refractivity contribution is -0.143. The molecular weight excluding hydrogens is 743 g/mol. The Kier molecular flexibility index (Phi) is 48.6. The molecule has 0 fully saturated rings. The molecule has 0 aromatic heterocycles. The number of aliphatic hydroxyl groups excluding tert-OH is 2. The molecule has 0 spiro atoms. The molecule has 0 aromatic rings. The van der Waals surface area contributed by atoms with Gasteiger partial charge < -0.3 is 20.3 Å². The molecule has 0 aromatic carbocycles. The molecule has 1 amide bonds. The number of hydrogen-bond donors (Lipinski definition) is 3. The smallest absolute Gasteiger partial charge is 0.305 e. The summed E-state index contributed by atoms with van der Waals surface area (Å²) in [5, 5.41) is 23.1. The first-order valence-corrected chi connectivity index (χ1v) is 26.6. The molecule has 60 heavy (non-hydrogen) atoms. The highest BCUT2D eigenvalue weighted by Crippen LogP contribution is 2.16. The second-order valence-electron chi connectivity index (χ2n) is 18.2. The molecule has 0 saturated heterocycles. The number of rotatable bonds is 49. The zero-order chi connectivity index (χ0) is 43.7. The number of amides is 1. The zero-order valence-electron chi connectivity index (χ0n) is 40.2. The Hall–Kier alpha value is -1.66. The zero-order valence-corrected chi connectivity index (χ0v) is 40.2. The number of nitrogens with one attached hydrogen (secondary N) is 1. The van der Waals surface area contributed by atoms with Crippen LogP contribution in [0.5, 0.6) is 0 Å². The van der Waals surface area contributed by atoms with E-state index in [1.807, 2.05) is 6.08 Å². The van der Waals surface area contributed by atoms with Crippen LogP contribution in [0.3, 0.4) is 0 Å². The van der Waals surface area contributed by atoms with Crippen molar-refractivity contribution in [1.29, 1.82) is 0 Å². The second kappa shape index (κ2) is 50.0. The minimum Gasteiger partial charge on any atom is -0.466 e. The van der Waals surface area contributed by atoms with Crippen molar-refractivity contribution in [3.8, 4) is 0 Å². The molecule has 0 rings (SSSR count). The van der Waals surface area contributed by atoms with Crippen LogP contribution in [-0.2, 0) is 14.3 Å². The van der Waals surface area contributed by atoms with Crippen LogP contribution in [0.15, 0.2) is 24.3 Å². The normalized spacial score (nSPS) is 12.8. The molecule has 2 unspecified atom stereocenters. The molecular formula is C54H103NO5. The molecule has 0 heterocycles. The summed E-state index contributed by atoms with van der Waals surface area (Å²) in [5.41, 5.74) is 0. The minimum atomic E-state index is -0.854. The van der Waals surface area contributed by atoms with Gasteiger partial charge in [-0.3, -0.25) is 9.59 Å². The van der Waals surface area contributed by atoms with Crippen LogP contribution in [0, 0.1) is 0 Å². The summed E-state index contributed by atoms with van der Waals surface area (Å²) < 4.78 is 5.45. The number of carbonyl (C=O) groups excluding carboxylic acids is 2. The SMILES string of the molecule is CCCCCCCCCCCCCCCC/C=C/C(O)C(CO)NC(=O)CCCCCCC/C=C\CCCCCCCCCOC(=O)CCCCCCCCCCCCC. The third-order valence-electron chi connectivity index (χ3n) is 12.2. The van der Waals surface area contributed by atoms with E-state index in [9.17, 15) is 19.8 Å². The van der Waals surface area contributed by atoms with Gasteiger partial charge in [0, 0.05) is 12.8 Å². The van der Waals surface area contributed by atoms with E-state index in [2.05, 4.69) is 31.3 Å². The predicted molar refractivity (Wildman–Crippen MR) is 260 cm³/mol. The Morgan fingerprint density at radius 2 is 0.783 bits per heavy atom. The fourth-order valence-corrected chi connectivity index (χ4v) is 8.10. The van der Waals surface area contributed by atoms with E-state index in [0.29, 0.717) is 19.4 Å².